The minimum atomic E-state index is -4.68. The van der Waals surface area contributed by atoms with Gasteiger partial charge < -0.3 is 9.29 Å². The van der Waals surface area contributed by atoms with E-state index in [0.717, 1.165) is 32.1 Å². The Morgan fingerprint density at radius 3 is 1.36 bits per heavy atom. The fourth-order valence-electron chi connectivity index (χ4n) is 4.09. The van der Waals surface area contributed by atoms with Crippen LogP contribution in [0.1, 0.15) is 149 Å². The van der Waals surface area contributed by atoms with Crippen LogP contribution in [0.4, 0.5) is 0 Å². The first-order valence-corrected chi connectivity index (χ1v) is 15.0. The second-order valence-electron chi connectivity index (χ2n) is 9.35. The van der Waals surface area contributed by atoms with Crippen LogP contribution < -0.4 is 29.6 Å². The maximum absolute atomic E-state index is 11.0. The van der Waals surface area contributed by atoms with Gasteiger partial charge in [-0.05, 0) is 12.8 Å². The van der Waals surface area contributed by atoms with Crippen LogP contribution in [0.2, 0.25) is 0 Å². The van der Waals surface area contributed by atoms with Crippen LogP contribution >= 0.6 is 0 Å². The summed E-state index contributed by atoms with van der Waals surface area (Å²) in [6.45, 7) is 5.27. The van der Waals surface area contributed by atoms with Crippen LogP contribution in [0.15, 0.2) is 0 Å². The molecule has 0 N–H and O–H groups in total. The summed E-state index contributed by atoms with van der Waals surface area (Å²) >= 11 is 0. The third-order valence-corrected chi connectivity index (χ3v) is 6.59. The number of hydrogen-bond donors (Lipinski definition) is 0. The molecule has 194 valence electrons. The summed E-state index contributed by atoms with van der Waals surface area (Å²) in [5.41, 5.74) is 0. The summed E-state index contributed by atoms with van der Waals surface area (Å²) in [5.74, 6) is 0. The predicted molar refractivity (Wildman–Crippen MR) is 134 cm³/mol. The van der Waals surface area contributed by atoms with Crippen molar-refractivity contribution in [1.82, 2.24) is 0 Å². The monoisotopic (exact) mass is 500 g/mol. The Morgan fingerprint density at radius 1 is 0.606 bits per heavy atom. The molecule has 0 aliphatic rings. The van der Waals surface area contributed by atoms with Crippen LogP contribution in [0.5, 0.6) is 0 Å². The smallest absolute Gasteiger partial charge is 0.726 e. The van der Waals surface area contributed by atoms with Crippen molar-refractivity contribution in [2.24, 2.45) is 0 Å². The Balaban J connectivity index is 0. The Labute approximate surface area is 228 Å². The molecule has 0 rings (SSSR count). The molecule has 0 aromatic heterocycles. The van der Waals surface area contributed by atoms with Crippen LogP contribution in [-0.4, -0.2) is 32.3 Å². The molecule has 0 spiro atoms. The van der Waals surface area contributed by atoms with Crippen molar-refractivity contribution in [2.45, 2.75) is 155 Å². The van der Waals surface area contributed by atoms with Gasteiger partial charge in [0, 0.05) is 6.61 Å². The molecule has 0 aromatic carbocycles. The second-order valence-corrected chi connectivity index (χ2v) is 10.4. The van der Waals surface area contributed by atoms with E-state index in [2.05, 4.69) is 13.8 Å². The molecule has 0 saturated carbocycles. The van der Waals surface area contributed by atoms with Gasteiger partial charge in [-0.25, -0.2) is 8.42 Å². The van der Waals surface area contributed by atoms with Crippen molar-refractivity contribution in [3.8, 4) is 0 Å². The summed E-state index contributed by atoms with van der Waals surface area (Å²) < 4.78 is 43.3. The van der Waals surface area contributed by atoms with Crippen molar-refractivity contribution in [1.29, 1.82) is 0 Å². The van der Waals surface area contributed by atoms with Gasteiger partial charge in [0.15, 0.2) is 0 Å². The Kier molecular flexibility index (Phi) is 29.9. The molecule has 0 aliphatic heterocycles. The van der Waals surface area contributed by atoms with Gasteiger partial charge in [0.25, 0.3) is 0 Å². The average molecular weight is 501 g/mol. The van der Waals surface area contributed by atoms with Gasteiger partial charge in [0.05, 0.1) is 12.7 Å². The topological polar surface area (TPSA) is 75.7 Å². The molecule has 0 bridgehead atoms. The second kappa shape index (κ2) is 27.4. The molecule has 0 radical (unpaired) electrons. The van der Waals surface area contributed by atoms with Crippen LogP contribution in [0.3, 0.4) is 0 Å². The van der Waals surface area contributed by atoms with E-state index >= 15 is 0 Å². The Hall–Kier alpha value is 0.830. The molecule has 0 saturated heterocycles. The first-order chi connectivity index (χ1) is 15.5. The number of rotatable bonds is 26. The summed E-state index contributed by atoms with van der Waals surface area (Å²) in [6, 6.07) is 0. The molecular formula is C26H53NaO5S. The zero-order valence-electron chi connectivity index (χ0n) is 22.3. The minimum Gasteiger partial charge on any atom is -0.726 e. The minimum absolute atomic E-state index is 0. The first kappa shape index (κ1) is 36.0. The molecule has 7 heteroatoms. The number of hydrogen-bond acceptors (Lipinski definition) is 5. The molecule has 0 fully saturated rings. The van der Waals surface area contributed by atoms with E-state index in [1.807, 2.05) is 0 Å². The van der Waals surface area contributed by atoms with E-state index in [-0.39, 0.29) is 36.2 Å². The van der Waals surface area contributed by atoms with Crippen molar-refractivity contribution in [3.05, 3.63) is 0 Å². The van der Waals surface area contributed by atoms with Gasteiger partial charge in [-0.3, -0.25) is 4.18 Å². The normalized spacial score (nSPS) is 12.6. The van der Waals surface area contributed by atoms with Crippen LogP contribution in [-0.2, 0) is 19.3 Å². The van der Waals surface area contributed by atoms with Gasteiger partial charge in [-0.1, -0.05) is 136 Å². The molecule has 0 aromatic rings. The standard InChI is InChI=1S/C26H54O5S.Na/c1-3-5-7-9-11-13-14-16-18-20-22-24-30-25-26(31-32(27,28)29)23-21-19-17-15-12-10-8-6-4-2;/h26H,3-25H2,1-2H3,(H,27,28,29);/q;+1/p-1. The molecule has 0 amide bonds. The molecule has 1 unspecified atom stereocenters. The van der Waals surface area contributed by atoms with Crippen molar-refractivity contribution < 1.29 is 51.4 Å². The molecule has 1 atom stereocenters. The zero-order chi connectivity index (χ0) is 23.8. The van der Waals surface area contributed by atoms with Gasteiger partial charge >= 0.3 is 29.6 Å². The van der Waals surface area contributed by atoms with Crippen molar-refractivity contribution in [3.63, 3.8) is 0 Å². The zero-order valence-corrected chi connectivity index (χ0v) is 25.1. The summed E-state index contributed by atoms with van der Waals surface area (Å²) in [4.78, 5) is 0. The molecule has 5 nitrogen and oxygen atoms in total. The van der Waals surface area contributed by atoms with Gasteiger partial charge in [-0.15, -0.1) is 0 Å². The maximum Gasteiger partial charge on any atom is 1.00 e. The number of ether oxygens (including phenoxy) is 1. The average Bonchev–Trinajstić information content (AvgIpc) is 2.74. The Bertz CT molecular complexity index is 473. The molecule has 0 heterocycles. The number of unbranched alkanes of at least 4 members (excludes halogenated alkanes) is 18. The predicted octanol–water partition coefficient (Wildman–Crippen LogP) is 5.08. The molecule has 33 heavy (non-hydrogen) atoms. The third-order valence-electron chi connectivity index (χ3n) is 6.08. The Morgan fingerprint density at radius 2 is 0.970 bits per heavy atom. The van der Waals surface area contributed by atoms with Crippen LogP contribution in [0.25, 0.3) is 0 Å². The fraction of sp³-hybridized carbons (Fsp3) is 1.00. The van der Waals surface area contributed by atoms with E-state index in [1.54, 1.807) is 0 Å². The van der Waals surface area contributed by atoms with Crippen molar-refractivity contribution >= 4 is 10.4 Å². The van der Waals surface area contributed by atoms with Gasteiger partial charge in [0.1, 0.15) is 0 Å². The van der Waals surface area contributed by atoms with E-state index < -0.39 is 16.5 Å². The van der Waals surface area contributed by atoms with E-state index in [4.69, 9.17) is 8.92 Å². The largest absolute Gasteiger partial charge is 1.00 e. The first-order valence-electron chi connectivity index (χ1n) is 13.7. The summed E-state index contributed by atoms with van der Waals surface area (Å²) in [7, 11) is -4.68. The van der Waals surface area contributed by atoms with Crippen LogP contribution in [0, 0.1) is 0 Å². The van der Waals surface area contributed by atoms with E-state index in [9.17, 15) is 13.0 Å². The summed E-state index contributed by atoms with van der Waals surface area (Å²) in [5, 5.41) is 0. The van der Waals surface area contributed by atoms with E-state index in [0.29, 0.717) is 13.0 Å². The van der Waals surface area contributed by atoms with E-state index in [1.165, 1.54) is 96.3 Å². The SMILES string of the molecule is CCCCCCCCCCCCCOCC(CCCCCCCCCCC)OS(=O)(=O)[O-].[Na+]. The van der Waals surface area contributed by atoms with Gasteiger partial charge in [-0.2, -0.15) is 0 Å². The third kappa shape index (κ3) is 30.8. The quantitative estimate of drug-likeness (QED) is 0.0716. The summed E-state index contributed by atoms with van der Waals surface area (Å²) in [6.07, 6.45) is 24.8. The van der Waals surface area contributed by atoms with Gasteiger partial charge in [0.2, 0.25) is 10.4 Å². The maximum atomic E-state index is 11.0. The van der Waals surface area contributed by atoms with Crippen molar-refractivity contribution in [2.75, 3.05) is 13.2 Å². The fourth-order valence-corrected chi connectivity index (χ4v) is 4.58. The molecule has 0 aliphatic carbocycles. The molecular weight excluding hydrogens is 447 g/mol.